The minimum Gasteiger partial charge on any atom is -0.491 e. The van der Waals surface area contributed by atoms with Crippen molar-refractivity contribution in [1.82, 2.24) is 10.1 Å². The first-order valence-electron chi connectivity index (χ1n) is 8.28. The first-order valence-corrected chi connectivity index (χ1v) is 8.28. The maximum absolute atomic E-state index is 12.4. The van der Waals surface area contributed by atoms with Crippen molar-refractivity contribution in [3.05, 3.63) is 52.5 Å². The number of amides is 1. The number of carbonyl (C=O) groups is 1. The van der Waals surface area contributed by atoms with Crippen molar-refractivity contribution in [2.75, 3.05) is 26.8 Å². The molecule has 7 nitrogen and oxygen atoms in total. The molecule has 25 heavy (non-hydrogen) atoms. The van der Waals surface area contributed by atoms with Crippen LogP contribution in [0.15, 0.2) is 45.7 Å². The molecule has 1 aliphatic rings. The summed E-state index contributed by atoms with van der Waals surface area (Å²) in [4.78, 5) is 25.2. The quantitative estimate of drug-likeness (QED) is 0.823. The fourth-order valence-electron chi connectivity index (χ4n) is 2.96. The second-order valence-corrected chi connectivity index (χ2v) is 6.23. The van der Waals surface area contributed by atoms with E-state index in [1.54, 1.807) is 12.0 Å². The summed E-state index contributed by atoms with van der Waals surface area (Å²) in [6.07, 6.45) is 1.41. The van der Waals surface area contributed by atoms with Crippen LogP contribution >= 0.6 is 0 Å². The maximum atomic E-state index is 12.4. The average molecular weight is 346 g/mol. The van der Waals surface area contributed by atoms with Gasteiger partial charge < -0.3 is 18.9 Å². The van der Waals surface area contributed by atoms with Crippen LogP contribution in [-0.4, -0.2) is 48.4 Å². The van der Waals surface area contributed by atoms with E-state index in [9.17, 15) is 9.59 Å². The van der Waals surface area contributed by atoms with E-state index < -0.39 is 5.60 Å². The van der Waals surface area contributed by atoms with E-state index in [1.807, 2.05) is 30.3 Å². The van der Waals surface area contributed by atoms with E-state index in [4.69, 9.17) is 14.0 Å². The number of aryl methyl sites for hydroxylation is 1. The molecule has 0 bridgehead atoms. The third-order valence-electron chi connectivity index (χ3n) is 4.51. The molecule has 0 radical (unpaired) electrons. The SMILES string of the molecule is COC1(COc2ccccc2)CCN(C(=O)CCc2cc(=O)[nH]o2)C1. The van der Waals surface area contributed by atoms with Crippen LogP contribution in [-0.2, 0) is 16.0 Å². The number of hydrogen-bond donors (Lipinski definition) is 1. The highest BCUT2D eigenvalue weighted by atomic mass is 16.5. The smallest absolute Gasteiger partial charge is 0.280 e. The Hall–Kier alpha value is -2.54. The summed E-state index contributed by atoms with van der Waals surface area (Å²) in [5.41, 5.74) is -0.785. The number of aromatic amines is 1. The van der Waals surface area contributed by atoms with Crippen LogP contribution in [0.3, 0.4) is 0 Å². The molecule has 0 spiro atoms. The molecule has 134 valence electrons. The molecule has 2 heterocycles. The molecule has 1 fully saturated rings. The van der Waals surface area contributed by atoms with Gasteiger partial charge in [-0.1, -0.05) is 18.2 Å². The van der Waals surface area contributed by atoms with Crippen molar-refractivity contribution in [3.8, 4) is 5.75 Å². The van der Waals surface area contributed by atoms with Gasteiger partial charge in [-0.3, -0.25) is 9.59 Å². The summed E-state index contributed by atoms with van der Waals surface area (Å²) in [6, 6.07) is 10.9. The Morgan fingerprint density at radius 3 is 2.84 bits per heavy atom. The van der Waals surface area contributed by atoms with Gasteiger partial charge in [0.1, 0.15) is 23.7 Å². The number of nitrogens with zero attached hydrogens (tertiary/aromatic N) is 1. The predicted octanol–water partition coefficient (Wildman–Crippen LogP) is 1.60. The molecule has 1 N–H and O–H groups in total. The number of benzene rings is 1. The standard InChI is InChI=1S/C18H22N2O5/c1-23-18(13-24-14-5-3-2-4-6-14)9-10-20(12-18)17(22)8-7-15-11-16(21)19-25-15/h2-6,11H,7-10,12-13H2,1H3,(H,19,21). The summed E-state index contributed by atoms with van der Waals surface area (Å²) in [6.45, 7) is 1.51. The first kappa shape index (κ1) is 17.3. The van der Waals surface area contributed by atoms with Gasteiger partial charge in [-0.2, -0.15) is 5.16 Å². The molecule has 1 aromatic carbocycles. The van der Waals surface area contributed by atoms with Crippen molar-refractivity contribution in [3.63, 3.8) is 0 Å². The van der Waals surface area contributed by atoms with Gasteiger partial charge >= 0.3 is 0 Å². The summed E-state index contributed by atoms with van der Waals surface area (Å²) in [5, 5.41) is 2.22. The summed E-state index contributed by atoms with van der Waals surface area (Å²) in [7, 11) is 1.65. The average Bonchev–Trinajstić information content (AvgIpc) is 3.26. The highest BCUT2D eigenvalue weighted by Crippen LogP contribution is 2.27. The number of carbonyl (C=O) groups excluding carboxylic acids is 1. The molecule has 0 saturated carbocycles. The molecule has 1 aliphatic heterocycles. The van der Waals surface area contributed by atoms with Gasteiger partial charge in [-0.05, 0) is 18.6 Å². The zero-order valence-electron chi connectivity index (χ0n) is 14.2. The summed E-state index contributed by atoms with van der Waals surface area (Å²) in [5.74, 6) is 1.29. The topological polar surface area (TPSA) is 84.8 Å². The fraction of sp³-hybridized carbons (Fsp3) is 0.444. The Labute approximate surface area is 145 Å². The first-order chi connectivity index (χ1) is 12.1. The molecular formula is C18H22N2O5. The largest absolute Gasteiger partial charge is 0.491 e. The van der Waals surface area contributed by atoms with Crippen molar-refractivity contribution in [2.45, 2.75) is 24.9 Å². The zero-order valence-corrected chi connectivity index (χ0v) is 14.2. The lowest BCUT2D eigenvalue weighted by Gasteiger charge is -2.27. The lowest BCUT2D eigenvalue weighted by Crippen LogP contribution is -2.42. The Kier molecular flexibility index (Phi) is 5.23. The van der Waals surface area contributed by atoms with Gasteiger partial charge in [0.25, 0.3) is 5.56 Å². The van der Waals surface area contributed by atoms with E-state index >= 15 is 0 Å². The number of H-pyrrole nitrogens is 1. The van der Waals surface area contributed by atoms with Gasteiger partial charge in [0.15, 0.2) is 0 Å². The number of likely N-dealkylation sites (tertiary alicyclic amines) is 1. The monoisotopic (exact) mass is 346 g/mol. The fourth-order valence-corrected chi connectivity index (χ4v) is 2.96. The van der Waals surface area contributed by atoms with Crippen LogP contribution in [0.4, 0.5) is 0 Å². The number of ether oxygens (including phenoxy) is 2. The number of para-hydroxylation sites is 1. The minimum atomic E-state index is -0.494. The van der Waals surface area contributed by atoms with Crippen molar-refractivity contribution in [2.24, 2.45) is 0 Å². The van der Waals surface area contributed by atoms with E-state index in [0.29, 0.717) is 38.3 Å². The van der Waals surface area contributed by atoms with Crippen molar-refractivity contribution in [1.29, 1.82) is 0 Å². The van der Waals surface area contributed by atoms with Gasteiger partial charge in [-0.15, -0.1) is 0 Å². The lowest BCUT2D eigenvalue weighted by molar-refractivity contribution is -0.131. The van der Waals surface area contributed by atoms with E-state index in [1.165, 1.54) is 6.07 Å². The predicted molar refractivity (Wildman–Crippen MR) is 90.5 cm³/mol. The van der Waals surface area contributed by atoms with Crippen LogP contribution in [0, 0.1) is 0 Å². The number of methoxy groups -OCH3 is 1. The third kappa shape index (κ3) is 4.30. The third-order valence-corrected chi connectivity index (χ3v) is 4.51. The molecule has 1 unspecified atom stereocenters. The molecular weight excluding hydrogens is 324 g/mol. The normalized spacial score (nSPS) is 20.0. The highest BCUT2D eigenvalue weighted by Gasteiger charge is 2.41. The Balaban J connectivity index is 1.52. The molecule has 2 aromatic rings. The molecule has 1 atom stereocenters. The summed E-state index contributed by atoms with van der Waals surface area (Å²) < 4.78 is 16.5. The Morgan fingerprint density at radius 2 is 2.16 bits per heavy atom. The molecule has 0 aliphatic carbocycles. The van der Waals surface area contributed by atoms with Gasteiger partial charge in [0, 0.05) is 32.6 Å². The van der Waals surface area contributed by atoms with Crippen LogP contribution in [0.5, 0.6) is 5.75 Å². The maximum Gasteiger partial charge on any atom is 0.280 e. The number of aromatic nitrogens is 1. The number of rotatable bonds is 7. The molecule has 1 saturated heterocycles. The van der Waals surface area contributed by atoms with Gasteiger partial charge in [0.2, 0.25) is 5.91 Å². The molecule has 3 rings (SSSR count). The van der Waals surface area contributed by atoms with Crippen LogP contribution in [0.25, 0.3) is 0 Å². The molecule has 1 aromatic heterocycles. The summed E-state index contributed by atoms with van der Waals surface area (Å²) >= 11 is 0. The van der Waals surface area contributed by atoms with E-state index in [-0.39, 0.29) is 11.5 Å². The van der Waals surface area contributed by atoms with Crippen LogP contribution < -0.4 is 10.3 Å². The zero-order chi connectivity index (χ0) is 17.7. The van der Waals surface area contributed by atoms with Gasteiger partial charge in [-0.25, -0.2) is 0 Å². The van der Waals surface area contributed by atoms with E-state index in [2.05, 4.69) is 5.16 Å². The Bertz CT molecular complexity index is 754. The molecule has 7 heteroatoms. The van der Waals surface area contributed by atoms with Crippen molar-refractivity contribution >= 4 is 5.91 Å². The number of hydrogen-bond acceptors (Lipinski definition) is 5. The second kappa shape index (κ2) is 7.57. The van der Waals surface area contributed by atoms with Crippen LogP contribution in [0.1, 0.15) is 18.6 Å². The highest BCUT2D eigenvalue weighted by molar-refractivity contribution is 5.76. The number of nitrogens with one attached hydrogen (secondary N) is 1. The molecule has 1 amide bonds. The second-order valence-electron chi connectivity index (χ2n) is 6.23. The Morgan fingerprint density at radius 1 is 1.36 bits per heavy atom. The van der Waals surface area contributed by atoms with Crippen molar-refractivity contribution < 1.29 is 18.8 Å². The van der Waals surface area contributed by atoms with E-state index in [0.717, 1.165) is 12.2 Å². The van der Waals surface area contributed by atoms with Crippen LogP contribution in [0.2, 0.25) is 0 Å². The lowest BCUT2D eigenvalue weighted by atomic mass is 10.0. The minimum absolute atomic E-state index is 0.0162. The van der Waals surface area contributed by atoms with Gasteiger partial charge in [0.05, 0.1) is 6.54 Å².